The monoisotopic (exact) mass is 502 g/mol. The van der Waals surface area contributed by atoms with Gasteiger partial charge in [-0.1, -0.05) is 24.3 Å². The van der Waals surface area contributed by atoms with Gasteiger partial charge in [0.25, 0.3) is 0 Å². The minimum Gasteiger partial charge on any atom is -0.508 e. The maximum absolute atomic E-state index is 12.9. The van der Waals surface area contributed by atoms with Gasteiger partial charge in [-0.2, -0.15) is 0 Å². The zero-order valence-electron chi connectivity index (χ0n) is 19.5. The van der Waals surface area contributed by atoms with E-state index in [2.05, 4.69) is 16.0 Å². The van der Waals surface area contributed by atoms with E-state index in [1.807, 2.05) is 0 Å². The van der Waals surface area contributed by atoms with Crippen molar-refractivity contribution in [3.8, 4) is 11.5 Å². The maximum Gasteiger partial charge on any atom is 0.326 e. The average molecular weight is 503 g/mol. The van der Waals surface area contributed by atoms with Crippen molar-refractivity contribution in [2.75, 3.05) is 6.61 Å². The van der Waals surface area contributed by atoms with E-state index in [1.54, 1.807) is 12.1 Å². The molecule has 0 bridgehead atoms. The van der Waals surface area contributed by atoms with Gasteiger partial charge in [0.05, 0.1) is 12.6 Å². The Morgan fingerprint density at radius 3 is 1.53 bits per heavy atom. The number of nitrogens with two attached hydrogens (primary N) is 1. The van der Waals surface area contributed by atoms with Crippen molar-refractivity contribution >= 4 is 23.7 Å². The number of phenolic OH excluding ortho intramolecular Hbond substituents is 2. The number of aromatic hydroxyl groups is 2. The van der Waals surface area contributed by atoms with Crippen LogP contribution >= 0.6 is 0 Å². The first-order chi connectivity index (χ1) is 17.0. The molecule has 0 saturated carbocycles. The molecule has 36 heavy (non-hydrogen) atoms. The molecular formula is C24H30N4O8. The zero-order chi connectivity index (χ0) is 26.8. The first-order valence-electron chi connectivity index (χ1n) is 11.1. The first-order valence-corrected chi connectivity index (χ1v) is 11.1. The van der Waals surface area contributed by atoms with Crippen LogP contribution in [-0.4, -0.2) is 74.9 Å². The number of nitrogens with one attached hydrogen (secondary N) is 3. The minimum absolute atomic E-state index is 0.00399. The lowest BCUT2D eigenvalue weighted by Gasteiger charge is -2.24. The summed E-state index contributed by atoms with van der Waals surface area (Å²) in [6, 6.07) is 6.66. The van der Waals surface area contributed by atoms with Crippen LogP contribution in [0.4, 0.5) is 0 Å². The van der Waals surface area contributed by atoms with Gasteiger partial charge in [0, 0.05) is 12.8 Å². The van der Waals surface area contributed by atoms with E-state index < -0.39 is 54.5 Å². The lowest BCUT2D eigenvalue weighted by molar-refractivity contribution is -0.142. The Balaban J connectivity index is 2.12. The predicted octanol–water partition coefficient (Wildman–Crippen LogP) is -1.24. The summed E-state index contributed by atoms with van der Waals surface area (Å²) in [7, 11) is 0. The van der Waals surface area contributed by atoms with E-state index in [9.17, 15) is 39.6 Å². The molecule has 0 aliphatic heterocycles. The summed E-state index contributed by atoms with van der Waals surface area (Å²) in [5.74, 6) is -3.71. The second kappa shape index (κ2) is 13.1. The van der Waals surface area contributed by atoms with Gasteiger partial charge in [0.1, 0.15) is 29.6 Å². The summed E-state index contributed by atoms with van der Waals surface area (Å²) < 4.78 is 0. The number of carboxylic acids is 1. The summed E-state index contributed by atoms with van der Waals surface area (Å²) in [4.78, 5) is 49.4. The number of phenols is 2. The van der Waals surface area contributed by atoms with Crippen LogP contribution in [-0.2, 0) is 32.0 Å². The van der Waals surface area contributed by atoms with Crippen LogP contribution in [0.3, 0.4) is 0 Å². The molecule has 2 aromatic rings. The maximum atomic E-state index is 12.9. The number of hydrogen-bond acceptors (Lipinski definition) is 8. The van der Waals surface area contributed by atoms with Crippen molar-refractivity contribution in [3.63, 3.8) is 0 Å². The van der Waals surface area contributed by atoms with Gasteiger partial charge in [0.2, 0.25) is 17.7 Å². The molecule has 4 atom stereocenters. The SMILES string of the molecule is CC(N)C(=O)NC(Cc1ccc(O)cc1)C(=O)NC(CO)C(=O)NC(Cc1ccc(O)cc1)C(=O)O. The number of aliphatic hydroxyl groups excluding tert-OH is 1. The molecular weight excluding hydrogens is 472 g/mol. The summed E-state index contributed by atoms with van der Waals surface area (Å²) in [6.45, 7) is 0.589. The number of hydrogen-bond donors (Lipinski definition) is 8. The third kappa shape index (κ3) is 8.56. The third-order valence-corrected chi connectivity index (χ3v) is 5.23. The van der Waals surface area contributed by atoms with E-state index in [0.717, 1.165) is 0 Å². The van der Waals surface area contributed by atoms with Gasteiger partial charge in [-0.15, -0.1) is 0 Å². The van der Waals surface area contributed by atoms with Crippen LogP contribution < -0.4 is 21.7 Å². The van der Waals surface area contributed by atoms with Crippen LogP contribution in [0.1, 0.15) is 18.1 Å². The van der Waals surface area contributed by atoms with Gasteiger partial charge < -0.3 is 42.1 Å². The van der Waals surface area contributed by atoms with Crippen molar-refractivity contribution in [3.05, 3.63) is 59.7 Å². The highest BCUT2D eigenvalue weighted by molar-refractivity contribution is 5.94. The van der Waals surface area contributed by atoms with Gasteiger partial charge in [-0.05, 0) is 42.3 Å². The van der Waals surface area contributed by atoms with Gasteiger partial charge in [-0.3, -0.25) is 14.4 Å². The molecule has 0 aliphatic rings. The fourth-order valence-electron chi connectivity index (χ4n) is 3.19. The third-order valence-electron chi connectivity index (χ3n) is 5.23. The van der Waals surface area contributed by atoms with Crippen molar-refractivity contribution in [2.45, 2.75) is 43.9 Å². The van der Waals surface area contributed by atoms with Crippen molar-refractivity contribution in [1.29, 1.82) is 0 Å². The molecule has 0 radical (unpaired) electrons. The topological polar surface area (TPSA) is 211 Å². The number of carbonyl (C=O) groups is 4. The predicted molar refractivity (Wildman–Crippen MR) is 128 cm³/mol. The Labute approximate surface area is 207 Å². The Hall–Kier alpha value is -4.16. The van der Waals surface area contributed by atoms with Crippen LogP contribution in [0.2, 0.25) is 0 Å². The normalized spacial score (nSPS) is 14.1. The van der Waals surface area contributed by atoms with E-state index >= 15 is 0 Å². The van der Waals surface area contributed by atoms with Gasteiger partial charge >= 0.3 is 5.97 Å². The molecule has 12 heteroatoms. The highest BCUT2D eigenvalue weighted by Gasteiger charge is 2.30. The van der Waals surface area contributed by atoms with E-state index in [4.69, 9.17) is 5.73 Å². The Morgan fingerprint density at radius 1 is 0.722 bits per heavy atom. The molecule has 0 saturated heterocycles. The highest BCUT2D eigenvalue weighted by Crippen LogP contribution is 2.13. The summed E-state index contributed by atoms with van der Waals surface area (Å²) in [5, 5.41) is 45.1. The second-order valence-electron chi connectivity index (χ2n) is 8.23. The fraction of sp³-hybridized carbons (Fsp3) is 0.333. The quantitative estimate of drug-likeness (QED) is 0.174. The molecule has 4 unspecified atom stereocenters. The molecule has 2 aromatic carbocycles. The van der Waals surface area contributed by atoms with Gasteiger partial charge in [-0.25, -0.2) is 4.79 Å². The lowest BCUT2D eigenvalue weighted by atomic mass is 10.0. The summed E-state index contributed by atoms with van der Waals surface area (Å²) in [5.41, 5.74) is 6.69. The number of amides is 3. The summed E-state index contributed by atoms with van der Waals surface area (Å²) in [6.07, 6.45) is -0.121. The number of carboxylic acid groups (broad SMARTS) is 1. The molecule has 194 valence electrons. The smallest absolute Gasteiger partial charge is 0.326 e. The second-order valence-corrected chi connectivity index (χ2v) is 8.23. The highest BCUT2D eigenvalue weighted by atomic mass is 16.4. The van der Waals surface area contributed by atoms with Gasteiger partial charge in [0.15, 0.2) is 0 Å². The Kier molecular flexibility index (Phi) is 10.2. The van der Waals surface area contributed by atoms with E-state index in [0.29, 0.717) is 11.1 Å². The first kappa shape index (κ1) is 28.1. The standard InChI is InChI=1S/C24H30N4O8/c1-13(25)21(32)26-18(10-14-2-6-16(30)7-3-14)22(33)28-20(12-29)23(34)27-19(24(35)36)11-15-4-8-17(31)9-5-15/h2-9,13,18-20,29-31H,10-12,25H2,1H3,(H,26,32)(H,27,34)(H,28,33)(H,35,36). The average Bonchev–Trinajstić information content (AvgIpc) is 2.83. The molecule has 0 aromatic heterocycles. The summed E-state index contributed by atoms with van der Waals surface area (Å²) >= 11 is 0. The van der Waals surface area contributed by atoms with Crippen molar-refractivity contribution in [1.82, 2.24) is 16.0 Å². The van der Waals surface area contributed by atoms with Crippen molar-refractivity contribution in [2.24, 2.45) is 5.73 Å². The molecule has 9 N–H and O–H groups in total. The zero-order valence-corrected chi connectivity index (χ0v) is 19.5. The van der Waals surface area contributed by atoms with Crippen LogP contribution in [0.25, 0.3) is 0 Å². The number of aliphatic carboxylic acids is 1. The van der Waals surface area contributed by atoms with Crippen molar-refractivity contribution < 1.29 is 39.6 Å². The number of carbonyl (C=O) groups excluding carboxylic acids is 3. The van der Waals surface area contributed by atoms with E-state index in [1.165, 1.54) is 43.3 Å². The molecule has 0 aliphatic carbocycles. The van der Waals surface area contributed by atoms with Crippen LogP contribution in [0, 0.1) is 0 Å². The molecule has 12 nitrogen and oxygen atoms in total. The number of benzene rings is 2. The lowest BCUT2D eigenvalue weighted by Crippen LogP contribution is -2.58. The Bertz CT molecular complexity index is 1060. The van der Waals surface area contributed by atoms with E-state index in [-0.39, 0.29) is 24.3 Å². The largest absolute Gasteiger partial charge is 0.508 e. The molecule has 0 fully saturated rings. The minimum atomic E-state index is -1.51. The Morgan fingerprint density at radius 2 is 1.11 bits per heavy atom. The van der Waals surface area contributed by atoms with Crippen LogP contribution in [0.5, 0.6) is 11.5 Å². The molecule has 2 rings (SSSR count). The fourth-order valence-corrected chi connectivity index (χ4v) is 3.19. The van der Waals surface area contributed by atoms with Crippen LogP contribution in [0.15, 0.2) is 48.5 Å². The number of rotatable bonds is 12. The number of aliphatic hydroxyl groups is 1. The molecule has 0 spiro atoms. The molecule has 3 amide bonds. The molecule has 0 heterocycles.